The number of aryl methyl sites for hydroxylation is 2. The van der Waals surface area contributed by atoms with Crippen molar-refractivity contribution < 1.29 is 4.79 Å². The molecule has 0 aliphatic carbocycles. The summed E-state index contributed by atoms with van der Waals surface area (Å²) in [6.45, 7) is 9.86. The number of benzene rings is 1. The van der Waals surface area contributed by atoms with Crippen LogP contribution in [0.1, 0.15) is 33.3 Å². The summed E-state index contributed by atoms with van der Waals surface area (Å²) in [5.41, 5.74) is 4.83. The lowest BCUT2D eigenvalue weighted by Gasteiger charge is -2.37. The number of piperazine rings is 1. The fourth-order valence-corrected chi connectivity index (χ4v) is 3.90. The third kappa shape index (κ3) is 3.27. The van der Waals surface area contributed by atoms with E-state index in [1.165, 1.54) is 21.7 Å². The summed E-state index contributed by atoms with van der Waals surface area (Å²) < 4.78 is 0. The molecule has 3 rings (SSSR count). The Morgan fingerprint density at radius 2 is 1.91 bits per heavy atom. The fourth-order valence-electron chi connectivity index (χ4n) is 3.09. The number of carbonyl (C=O) groups is 1. The average Bonchev–Trinajstić information content (AvgIpc) is 3.06. The molecule has 2 heterocycles. The van der Waals surface area contributed by atoms with Crippen molar-refractivity contribution in [3.63, 3.8) is 0 Å². The van der Waals surface area contributed by atoms with Crippen molar-refractivity contribution >= 4 is 22.9 Å². The Labute approximate surface area is 142 Å². The topological polar surface area (TPSA) is 23.6 Å². The molecule has 1 fully saturated rings. The van der Waals surface area contributed by atoms with Crippen LogP contribution in [-0.2, 0) is 6.42 Å². The number of rotatable bonds is 3. The van der Waals surface area contributed by atoms with E-state index in [4.69, 9.17) is 0 Å². The van der Waals surface area contributed by atoms with Gasteiger partial charge in [0.2, 0.25) is 0 Å². The highest BCUT2D eigenvalue weighted by molar-refractivity contribution is 7.10. The minimum atomic E-state index is 0.182. The summed E-state index contributed by atoms with van der Waals surface area (Å²) >= 11 is 1.68. The van der Waals surface area contributed by atoms with Gasteiger partial charge >= 0.3 is 0 Å². The molecule has 122 valence electrons. The van der Waals surface area contributed by atoms with Gasteiger partial charge in [-0.2, -0.15) is 0 Å². The molecule has 0 bridgehead atoms. The first-order valence-electron chi connectivity index (χ1n) is 8.28. The zero-order valence-corrected chi connectivity index (χ0v) is 14.9. The zero-order valence-electron chi connectivity index (χ0n) is 14.1. The van der Waals surface area contributed by atoms with Crippen LogP contribution in [0.5, 0.6) is 0 Å². The lowest BCUT2D eigenvalue weighted by Crippen LogP contribution is -2.49. The van der Waals surface area contributed by atoms with Crippen LogP contribution < -0.4 is 4.90 Å². The monoisotopic (exact) mass is 328 g/mol. The van der Waals surface area contributed by atoms with E-state index in [0.29, 0.717) is 0 Å². The van der Waals surface area contributed by atoms with E-state index in [1.807, 2.05) is 16.3 Å². The van der Waals surface area contributed by atoms with Gasteiger partial charge in [0, 0.05) is 42.1 Å². The van der Waals surface area contributed by atoms with E-state index in [-0.39, 0.29) is 5.91 Å². The van der Waals surface area contributed by atoms with Gasteiger partial charge in [-0.15, -0.1) is 11.3 Å². The van der Waals surface area contributed by atoms with Gasteiger partial charge in [0.05, 0.1) is 5.56 Å². The highest BCUT2D eigenvalue weighted by atomic mass is 32.1. The smallest absolute Gasteiger partial charge is 0.254 e. The minimum absolute atomic E-state index is 0.182. The Hall–Kier alpha value is -1.81. The van der Waals surface area contributed by atoms with Crippen LogP contribution in [0.4, 0.5) is 5.69 Å². The van der Waals surface area contributed by atoms with Crippen molar-refractivity contribution in [2.75, 3.05) is 31.1 Å². The van der Waals surface area contributed by atoms with Crippen molar-refractivity contribution in [3.05, 3.63) is 51.2 Å². The van der Waals surface area contributed by atoms with Crippen LogP contribution in [0.15, 0.2) is 29.6 Å². The Kier molecular flexibility index (Phi) is 4.71. The molecule has 1 aromatic carbocycles. The summed E-state index contributed by atoms with van der Waals surface area (Å²) in [5, 5.41) is 2.00. The molecule has 0 atom stereocenters. The second-order valence-corrected chi connectivity index (χ2v) is 7.15. The summed E-state index contributed by atoms with van der Waals surface area (Å²) in [6, 6.07) is 8.50. The van der Waals surface area contributed by atoms with E-state index in [2.05, 4.69) is 43.9 Å². The molecule has 0 spiro atoms. The van der Waals surface area contributed by atoms with E-state index in [1.54, 1.807) is 11.3 Å². The second-order valence-electron chi connectivity index (χ2n) is 6.15. The molecule has 1 amide bonds. The molecule has 1 aliphatic heterocycles. The molecule has 23 heavy (non-hydrogen) atoms. The van der Waals surface area contributed by atoms with Gasteiger partial charge in [0.25, 0.3) is 5.91 Å². The molecule has 0 N–H and O–H groups in total. The number of carbonyl (C=O) groups excluding carboxylic acids is 1. The van der Waals surface area contributed by atoms with E-state index < -0.39 is 0 Å². The van der Waals surface area contributed by atoms with Crippen molar-refractivity contribution in [1.29, 1.82) is 0 Å². The maximum Gasteiger partial charge on any atom is 0.254 e. The summed E-state index contributed by atoms with van der Waals surface area (Å²) in [5.74, 6) is 0.182. The average molecular weight is 328 g/mol. The SMILES string of the molecule is CCc1cc(C(=O)N2CCN(c3cccc(C)c3C)CC2)cs1. The van der Waals surface area contributed by atoms with E-state index in [9.17, 15) is 4.79 Å². The van der Waals surface area contributed by atoms with Gasteiger partial charge in [0.1, 0.15) is 0 Å². The van der Waals surface area contributed by atoms with Gasteiger partial charge in [-0.25, -0.2) is 0 Å². The first-order valence-corrected chi connectivity index (χ1v) is 9.16. The van der Waals surface area contributed by atoms with Crippen molar-refractivity contribution in [1.82, 2.24) is 4.90 Å². The Balaban J connectivity index is 1.66. The molecule has 1 aliphatic rings. The van der Waals surface area contributed by atoms with Crippen LogP contribution in [0.25, 0.3) is 0 Å². The largest absolute Gasteiger partial charge is 0.368 e. The third-order valence-corrected chi connectivity index (χ3v) is 5.81. The number of hydrogen-bond acceptors (Lipinski definition) is 3. The Bertz CT molecular complexity index is 699. The standard InChI is InChI=1S/C19H24N2OS/c1-4-17-12-16(13-23-17)19(22)21-10-8-20(9-11-21)18-7-5-6-14(2)15(18)3/h5-7,12-13H,4,8-11H2,1-3H3. The van der Waals surface area contributed by atoms with Crippen LogP contribution in [0.2, 0.25) is 0 Å². The Morgan fingerprint density at radius 1 is 1.17 bits per heavy atom. The molecule has 4 heteroatoms. The highest BCUT2D eigenvalue weighted by Crippen LogP contribution is 2.24. The molecule has 2 aromatic rings. The maximum absolute atomic E-state index is 12.6. The number of nitrogens with zero attached hydrogens (tertiary/aromatic N) is 2. The highest BCUT2D eigenvalue weighted by Gasteiger charge is 2.23. The zero-order chi connectivity index (χ0) is 16.4. The molecule has 1 aromatic heterocycles. The lowest BCUT2D eigenvalue weighted by atomic mass is 10.1. The van der Waals surface area contributed by atoms with Gasteiger partial charge in [-0.3, -0.25) is 4.79 Å². The quantitative estimate of drug-likeness (QED) is 0.853. The molecule has 3 nitrogen and oxygen atoms in total. The van der Waals surface area contributed by atoms with Crippen LogP contribution >= 0.6 is 11.3 Å². The van der Waals surface area contributed by atoms with Gasteiger partial charge in [0.15, 0.2) is 0 Å². The maximum atomic E-state index is 12.6. The van der Waals surface area contributed by atoms with Gasteiger partial charge in [-0.1, -0.05) is 19.1 Å². The number of hydrogen-bond donors (Lipinski definition) is 0. The van der Waals surface area contributed by atoms with Crippen molar-refractivity contribution in [3.8, 4) is 0 Å². The predicted octanol–water partition coefficient (Wildman–Crippen LogP) is 3.89. The molecule has 0 unspecified atom stereocenters. The van der Waals surface area contributed by atoms with Crippen LogP contribution in [-0.4, -0.2) is 37.0 Å². The number of thiophene rings is 1. The first-order chi connectivity index (χ1) is 11.1. The number of anilines is 1. The van der Waals surface area contributed by atoms with Gasteiger partial charge in [-0.05, 0) is 43.5 Å². The molecule has 1 saturated heterocycles. The van der Waals surface area contributed by atoms with Crippen LogP contribution in [0.3, 0.4) is 0 Å². The second kappa shape index (κ2) is 6.75. The molecular weight excluding hydrogens is 304 g/mol. The van der Waals surface area contributed by atoms with Crippen LogP contribution in [0, 0.1) is 13.8 Å². The lowest BCUT2D eigenvalue weighted by molar-refractivity contribution is 0.0747. The summed E-state index contributed by atoms with van der Waals surface area (Å²) in [4.78, 5) is 18.3. The summed E-state index contributed by atoms with van der Waals surface area (Å²) in [7, 11) is 0. The summed E-state index contributed by atoms with van der Waals surface area (Å²) in [6.07, 6.45) is 0.998. The number of amides is 1. The normalized spacial score (nSPS) is 15.1. The van der Waals surface area contributed by atoms with E-state index in [0.717, 1.165) is 38.2 Å². The molecular formula is C19H24N2OS. The predicted molar refractivity (Wildman–Crippen MR) is 97.7 cm³/mol. The van der Waals surface area contributed by atoms with Crippen molar-refractivity contribution in [2.45, 2.75) is 27.2 Å². The molecule has 0 saturated carbocycles. The third-order valence-electron chi connectivity index (χ3n) is 4.73. The first kappa shape index (κ1) is 16.1. The minimum Gasteiger partial charge on any atom is -0.368 e. The van der Waals surface area contributed by atoms with Crippen molar-refractivity contribution in [2.24, 2.45) is 0 Å². The molecule has 0 radical (unpaired) electrons. The Morgan fingerprint density at radius 3 is 2.57 bits per heavy atom. The van der Waals surface area contributed by atoms with E-state index >= 15 is 0 Å². The fraction of sp³-hybridized carbons (Fsp3) is 0.421. The van der Waals surface area contributed by atoms with Gasteiger partial charge < -0.3 is 9.80 Å².